The van der Waals surface area contributed by atoms with Gasteiger partial charge in [-0.2, -0.15) is 0 Å². The van der Waals surface area contributed by atoms with E-state index in [4.69, 9.17) is 15.2 Å². The summed E-state index contributed by atoms with van der Waals surface area (Å²) in [5.41, 5.74) is 7.02. The van der Waals surface area contributed by atoms with Gasteiger partial charge in [-0.1, -0.05) is 12.8 Å². The number of ether oxygens (including phenoxy) is 2. The lowest BCUT2D eigenvalue weighted by molar-refractivity contribution is 0.0902. The predicted molar refractivity (Wildman–Crippen MR) is 89.3 cm³/mol. The monoisotopic (exact) mass is 328 g/mol. The molecule has 1 aromatic carbocycles. The summed E-state index contributed by atoms with van der Waals surface area (Å²) in [7, 11) is 3.17. The molecule has 22 heavy (non-hydrogen) atoms. The third-order valence-corrected chi connectivity index (χ3v) is 4.34. The number of carbonyl (C=O) groups is 1. The van der Waals surface area contributed by atoms with E-state index in [0.29, 0.717) is 23.6 Å². The van der Waals surface area contributed by atoms with Crippen molar-refractivity contribution in [2.45, 2.75) is 38.1 Å². The molecule has 2 rings (SSSR count). The van der Waals surface area contributed by atoms with Crippen LogP contribution in [-0.4, -0.2) is 32.2 Å². The molecule has 1 saturated carbocycles. The van der Waals surface area contributed by atoms with Crippen LogP contribution >= 0.6 is 12.4 Å². The Bertz CT molecular complexity index is 503. The van der Waals surface area contributed by atoms with Crippen LogP contribution in [0.1, 0.15) is 41.6 Å². The summed E-state index contributed by atoms with van der Waals surface area (Å²) in [6, 6.07) is 3.48. The van der Waals surface area contributed by atoms with Gasteiger partial charge in [0, 0.05) is 17.7 Å². The molecule has 0 saturated heterocycles. The summed E-state index contributed by atoms with van der Waals surface area (Å²) in [5, 5.41) is 3.11. The Hall–Kier alpha value is -1.46. The van der Waals surface area contributed by atoms with Gasteiger partial charge in [0.2, 0.25) is 0 Å². The van der Waals surface area contributed by atoms with Crippen molar-refractivity contribution in [3.63, 3.8) is 0 Å². The Morgan fingerprint density at radius 3 is 2.14 bits per heavy atom. The highest BCUT2D eigenvalue weighted by molar-refractivity contribution is 5.96. The largest absolute Gasteiger partial charge is 0.496 e. The van der Waals surface area contributed by atoms with Crippen molar-refractivity contribution in [2.75, 3.05) is 20.8 Å². The van der Waals surface area contributed by atoms with Gasteiger partial charge in [0.05, 0.1) is 19.8 Å². The Kier molecular flexibility index (Phi) is 6.50. The minimum atomic E-state index is -0.261. The van der Waals surface area contributed by atoms with Gasteiger partial charge in [-0.3, -0.25) is 4.79 Å². The summed E-state index contributed by atoms with van der Waals surface area (Å²) >= 11 is 0. The van der Waals surface area contributed by atoms with Crippen LogP contribution in [0.5, 0.6) is 11.5 Å². The van der Waals surface area contributed by atoms with Crippen molar-refractivity contribution < 1.29 is 14.3 Å². The maximum absolute atomic E-state index is 12.5. The van der Waals surface area contributed by atoms with Crippen molar-refractivity contribution in [3.8, 4) is 11.5 Å². The van der Waals surface area contributed by atoms with Gasteiger partial charge in [-0.05, 0) is 31.9 Å². The van der Waals surface area contributed by atoms with Crippen LogP contribution in [-0.2, 0) is 0 Å². The molecular formula is C16H25ClN2O3. The van der Waals surface area contributed by atoms with Gasteiger partial charge < -0.3 is 20.5 Å². The fraction of sp³-hybridized carbons (Fsp3) is 0.562. The van der Waals surface area contributed by atoms with Crippen LogP contribution in [0.3, 0.4) is 0 Å². The molecule has 1 aromatic rings. The van der Waals surface area contributed by atoms with Crippen molar-refractivity contribution in [1.82, 2.24) is 5.32 Å². The van der Waals surface area contributed by atoms with Gasteiger partial charge in [0.1, 0.15) is 11.5 Å². The van der Waals surface area contributed by atoms with Crippen LogP contribution in [0, 0.1) is 6.92 Å². The first kappa shape index (κ1) is 18.6. The van der Waals surface area contributed by atoms with Crippen molar-refractivity contribution in [2.24, 2.45) is 5.73 Å². The van der Waals surface area contributed by atoms with E-state index in [2.05, 4.69) is 5.32 Å². The maximum Gasteiger partial charge on any atom is 0.252 e. The number of hydrogen-bond acceptors (Lipinski definition) is 4. The van der Waals surface area contributed by atoms with E-state index in [-0.39, 0.29) is 23.9 Å². The highest BCUT2D eigenvalue weighted by atomic mass is 35.5. The van der Waals surface area contributed by atoms with Gasteiger partial charge in [0.25, 0.3) is 5.91 Å². The van der Waals surface area contributed by atoms with Crippen LogP contribution < -0.4 is 20.5 Å². The molecule has 1 fully saturated rings. The molecule has 1 aliphatic rings. The van der Waals surface area contributed by atoms with Crippen molar-refractivity contribution in [1.29, 1.82) is 0 Å². The molecule has 0 aromatic heterocycles. The molecule has 5 nitrogen and oxygen atoms in total. The number of halogens is 1. The SMILES string of the molecule is COc1cc(C(=O)NC2(CN)CCCC2)cc(OC)c1C.Cl. The number of nitrogens with one attached hydrogen (secondary N) is 1. The fourth-order valence-electron chi connectivity index (χ4n) is 2.96. The number of carbonyl (C=O) groups excluding carboxylic acids is 1. The highest BCUT2D eigenvalue weighted by Gasteiger charge is 2.34. The average molecular weight is 329 g/mol. The summed E-state index contributed by atoms with van der Waals surface area (Å²) in [5.74, 6) is 1.17. The summed E-state index contributed by atoms with van der Waals surface area (Å²) in [6.45, 7) is 2.37. The first-order chi connectivity index (χ1) is 10.0. The number of amides is 1. The maximum atomic E-state index is 12.5. The molecule has 124 valence electrons. The van der Waals surface area contributed by atoms with Crippen LogP contribution in [0.4, 0.5) is 0 Å². The van der Waals surface area contributed by atoms with E-state index < -0.39 is 0 Å². The van der Waals surface area contributed by atoms with Gasteiger partial charge >= 0.3 is 0 Å². The molecule has 0 heterocycles. The topological polar surface area (TPSA) is 73.6 Å². The standard InChI is InChI=1S/C16H24N2O3.ClH/c1-11-13(20-2)8-12(9-14(11)21-3)15(19)18-16(10-17)6-4-5-7-16;/h8-9H,4-7,10,17H2,1-3H3,(H,18,19);1H. The first-order valence-corrected chi connectivity index (χ1v) is 7.30. The van der Waals surface area contributed by atoms with Gasteiger partial charge in [-0.15, -0.1) is 12.4 Å². The zero-order valence-electron chi connectivity index (χ0n) is 13.4. The molecule has 0 radical (unpaired) electrons. The number of hydrogen-bond donors (Lipinski definition) is 2. The van der Waals surface area contributed by atoms with Gasteiger partial charge in [-0.25, -0.2) is 0 Å². The molecule has 1 aliphatic carbocycles. The van der Waals surface area contributed by atoms with E-state index in [1.807, 2.05) is 6.92 Å². The smallest absolute Gasteiger partial charge is 0.252 e. The molecule has 1 amide bonds. The molecule has 3 N–H and O–H groups in total. The third kappa shape index (κ3) is 3.65. The summed E-state index contributed by atoms with van der Waals surface area (Å²) in [4.78, 5) is 12.5. The molecular weight excluding hydrogens is 304 g/mol. The molecule has 0 unspecified atom stereocenters. The Balaban J connectivity index is 0.00000242. The van der Waals surface area contributed by atoms with Crippen LogP contribution in [0.25, 0.3) is 0 Å². The highest BCUT2D eigenvalue weighted by Crippen LogP contribution is 2.31. The summed E-state index contributed by atoms with van der Waals surface area (Å²) < 4.78 is 10.6. The second-order valence-electron chi connectivity index (χ2n) is 5.65. The van der Waals surface area contributed by atoms with E-state index >= 15 is 0 Å². The van der Waals surface area contributed by atoms with E-state index in [0.717, 1.165) is 31.2 Å². The molecule has 0 atom stereocenters. The minimum Gasteiger partial charge on any atom is -0.496 e. The number of nitrogens with two attached hydrogens (primary N) is 1. The lowest BCUT2D eigenvalue weighted by atomic mass is 9.97. The summed E-state index contributed by atoms with van der Waals surface area (Å²) in [6.07, 6.45) is 4.10. The van der Waals surface area contributed by atoms with Crippen LogP contribution in [0.15, 0.2) is 12.1 Å². The average Bonchev–Trinajstić information content (AvgIpc) is 2.96. The molecule has 0 spiro atoms. The molecule has 6 heteroatoms. The minimum absolute atomic E-state index is 0. The third-order valence-electron chi connectivity index (χ3n) is 4.34. The van der Waals surface area contributed by atoms with Crippen LogP contribution in [0.2, 0.25) is 0 Å². The molecule has 0 aliphatic heterocycles. The van der Waals surface area contributed by atoms with Gasteiger partial charge in [0.15, 0.2) is 0 Å². The number of methoxy groups -OCH3 is 2. The zero-order valence-corrected chi connectivity index (χ0v) is 14.2. The number of benzene rings is 1. The Labute approximate surface area is 138 Å². The Morgan fingerprint density at radius 2 is 1.73 bits per heavy atom. The first-order valence-electron chi connectivity index (χ1n) is 7.30. The van der Waals surface area contributed by atoms with E-state index in [9.17, 15) is 4.79 Å². The quantitative estimate of drug-likeness (QED) is 0.870. The lowest BCUT2D eigenvalue weighted by Crippen LogP contribution is -2.51. The zero-order chi connectivity index (χ0) is 15.5. The van der Waals surface area contributed by atoms with Crippen molar-refractivity contribution in [3.05, 3.63) is 23.3 Å². The predicted octanol–water partition coefficient (Wildman–Crippen LogP) is 2.44. The normalized spacial score (nSPS) is 15.8. The molecule has 0 bridgehead atoms. The second-order valence-corrected chi connectivity index (χ2v) is 5.65. The van der Waals surface area contributed by atoms with Crippen molar-refractivity contribution >= 4 is 18.3 Å². The Morgan fingerprint density at radius 1 is 1.23 bits per heavy atom. The lowest BCUT2D eigenvalue weighted by Gasteiger charge is -2.29. The van der Waals surface area contributed by atoms with E-state index in [1.165, 1.54) is 0 Å². The number of rotatable bonds is 5. The fourth-order valence-corrected chi connectivity index (χ4v) is 2.96. The van der Waals surface area contributed by atoms with E-state index in [1.54, 1.807) is 26.4 Å². The second kappa shape index (κ2) is 7.70.